The van der Waals surface area contributed by atoms with Crippen LogP contribution in [-0.4, -0.2) is 146 Å². The molecule has 2 unspecified atom stereocenters. The number of nitrogens with one attached hydrogen (secondary N) is 4. The number of amides is 7. The van der Waals surface area contributed by atoms with Crippen LogP contribution in [0.4, 0.5) is 10.5 Å². The molecule has 4 rings (SSSR count). The number of hydrogen-bond donors (Lipinski definition) is 8. The fourth-order valence-electron chi connectivity index (χ4n) is 10.5. The molecule has 0 spiro atoms. The molecule has 0 aromatic heterocycles. The Morgan fingerprint density at radius 3 is 2.24 bits per heavy atom. The lowest BCUT2D eigenvalue weighted by Gasteiger charge is -2.44. The van der Waals surface area contributed by atoms with Gasteiger partial charge >= 0.3 is 6.03 Å². The van der Waals surface area contributed by atoms with Crippen molar-refractivity contribution in [3.05, 3.63) is 29.8 Å². The lowest BCUT2D eigenvalue weighted by molar-refractivity contribution is -0.926. The standard InChI is InChI=1S/C49H78ClN7O10S/c1-8-13-32-23-36(47(65)55-42(30(5)50)35-25-38(68-7)44(62)45(63)43(35)61)57(6,27-32)26-31-16-18-34(19-17-31)53-46(64)33(14-12-20-52-49(51)67)24-37(58)41(28(2)3)54-39(59)15-10-9-11-21-56-40(60)22-29(4)48(56)66/h16-19,28-30,32-33,35-36,38,41-45,61-63H,8-15,20-27H2,1-7H3,(H5-,51,52,53,54,55,59,64,65,67)/p+1/t29?,30-,32+,33+,35+,36-,38-,41-,42+,43-,44-,45-,57?/m0/s1. The lowest BCUT2D eigenvalue weighted by Crippen LogP contribution is -2.62. The van der Waals surface area contributed by atoms with E-state index in [9.17, 15) is 48.9 Å². The molecule has 382 valence electrons. The van der Waals surface area contributed by atoms with Gasteiger partial charge in [-0.25, -0.2) is 4.79 Å². The number of benzene rings is 1. The number of primary amides is 1. The Morgan fingerprint density at radius 2 is 1.65 bits per heavy atom. The molecule has 19 heteroatoms. The predicted molar refractivity (Wildman–Crippen MR) is 263 cm³/mol. The van der Waals surface area contributed by atoms with Crippen molar-refractivity contribution in [3.63, 3.8) is 0 Å². The van der Waals surface area contributed by atoms with Crippen LogP contribution in [0.25, 0.3) is 0 Å². The number of aliphatic hydroxyl groups is 3. The summed E-state index contributed by atoms with van der Waals surface area (Å²) < 4.78 is 0.424. The number of likely N-dealkylation sites (N-methyl/N-ethyl adjacent to an activating group) is 1. The van der Waals surface area contributed by atoms with E-state index in [1.165, 1.54) is 16.7 Å². The van der Waals surface area contributed by atoms with E-state index in [1.54, 1.807) is 26.0 Å². The Labute approximate surface area is 411 Å². The number of carbonyl (C=O) groups is 7. The van der Waals surface area contributed by atoms with E-state index in [-0.39, 0.29) is 78.7 Å². The van der Waals surface area contributed by atoms with Crippen LogP contribution in [0.5, 0.6) is 0 Å². The molecule has 68 heavy (non-hydrogen) atoms. The highest BCUT2D eigenvalue weighted by Crippen LogP contribution is 2.38. The number of nitrogens with two attached hydrogens (primary N) is 1. The van der Waals surface area contributed by atoms with Crippen LogP contribution < -0.4 is 27.0 Å². The van der Waals surface area contributed by atoms with Gasteiger partial charge in [-0.15, -0.1) is 11.6 Å². The summed E-state index contributed by atoms with van der Waals surface area (Å²) in [6.45, 7) is 11.1. The zero-order chi connectivity index (χ0) is 50.5. The van der Waals surface area contributed by atoms with Crippen LogP contribution in [0.2, 0.25) is 0 Å². The summed E-state index contributed by atoms with van der Waals surface area (Å²) >= 11 is 8.10. The van der Waals surface area contributed by atoms with Gasteiger partial charge in [0.25, 0.3) is 5.91 Å². The van der Waals surface area contributed by atoms with E-state index in [4.69, 9.17) is 17.3 Å². The second-order valence-corrected chi connectivity index (χ2v) is 21.9. The number of nitrogens with zero attached hydrogens (tertiary/aromatic N) is 2. The first-order valence-corrected chi connectivity index (χ1v) is 26.3. The predicted octanol–water partition coefficient (Wildman–Crippen LogP) is 3.83. The van der Waals surface area contributed by atoms with E-state index >= 15 is 0 Å². The van der Waals surface area contributed by atoms with Crippen LogP contribution in [0.1, 0.15) is 117 Å². The van der Waals surface area contributed by atoms with Gasteiger partial charge in [0.2, 0.25) is 23.6 Å². The van der Waals surface area contributed by atoms with Gasteiger partial charge < -0.3 is 46.8 Å². The molecule has 7 amide bonds. The number of rotatable bonds is 26. The fraction of sp³-hybridized carbons (Fsp3) is 0.735. The Morgan fingerprint density at radius 1 is 0.956 bits per heavy atom. The average Bonchev–Trinajstić information content (AvgIpc) is 3.73. The maximum Gasteiger partial charge on any atom is 0.312 e. The van der Waals surface area contributed by atoms with Gasteiger partial charge in [0.1, 0.15) is 12.6 Å². The Balaban J connectivity index is 1.40. The van der Waals surface area contributed by atoms with Crippen molar-refractivity contribution in [3.8, 4) is 0 Å². The van der Waals surface area contributed by atoms with E-state index < -0.39 is 65.6 Å². The highest BCUT2D eigenvalue weighted by molar-refractivity contribution is 7.99. The Hall–Kier alpha value is -3.81. The largest absolute Gasteiger partial charge is 0.390 e. The molecule has 3 fully saturated rings. The summed E-state index contributed by atoms with van der Waals surface area (Å²) in [5.74, 6) is -3.11. The molecule has 2 saturated heterocycles. The summed E-state index contributed by atoms with van der Waals surface area (Å²) in [4.78, 5) is 92.1. The smallest absolute Gasteiger partial charge is 0.312 e. The summed E-state index contributed by atoms with van der Waals surface area (Å²) in [7, 11) is 2.07. The molecule has 0 radical (unpaired) electrons. The molecule has 13 atom stereocenters. The van der Waals surface area contributed by atoms with Crippen molar-refractivity contribution in [2.45, 2.75) is 165 Å². The number of urea groups is 1. The first-order chi connectivity index (χ1) is 32.1. The van der Waals surface area contributed by atoms with Gasteiger partial charge in [-0.1, -0.05) is 52.7 Å². The molecule has 1 aliphatic carbocycles. The zero-order valence-electron chi connectivity index (χ0n) is 41.1. The number of Topliss-reactive ketones (excluding diaryl/α,β-unsaturated/α-hetero) is 1. The summed E-state index contributed by atoms with van der Waals surface area (Å²) in [6, 6.07) is 4.79. The third-order valence-corrected chi connectivity index (χ3v) is 15.6. The molecular weight excluding hydrogens is 914 g/mol. The number of halogens is 1. The van der Waals surface area contributed by atoms with Crippen molar-refractivity contribution in [1.82, 2.24) is 20.9 Å². The van der Waals surface area contributed by atoms with Crippen LogP contribution in [-0.2, 0) is 35.3 Å². The minimum absolute atomic E-state index is 0.151. The Kier molecular flexibility index (Phi) is 22.1. The third-order valence-electron chi connectivity index (χ3n) is 14.3. The van der Waals surface area contributed by atoms with Gasteiger partial charge in [0.05, 0.1) is 43.3 Å². The number of likely N-dealkylation sites (tertiary alicyclic amines) is 2. The molecule has 1 saturated carbocycles. The molecule has 2 aliphatic heterocycles. The summed E-state index contributed by atoms with van der Waals surface area (Å²) in [5.41, 5.74) is 6.71. The van der Waals surface area contributed by atoms with Gasteiger partial charge in [0, 0.05) is 78.9 Å². The van der Waals surface area contributed by atoms with E-state index in [1.807, 2.05) is 32.2 Å². The number of alkyl halides is 1. The van der Waals surface area contributed by atoms with E-state index in [2.05, 4.69) is 35.2 Å². The maximum atomic E-state index is 14.3. The minimum Gasteiger partial charge on any atom is -0.390 e. The molecule has 17 nitrogen and oxygen atoms in total. The normalized spacial score (nSPS) is 27.9. The van der Waals surface area contributed by atoms with Crippen molar-refractivity contribution >= 4 is 70.4 Å². The minimum atomic E-state index is -1.36. The van der Waals surface area contributed by atoms with Gasteiger partial charge in [-0.05, 0) is 69.8 Å². The van der Waals surface area contributed by atoms with E-state index in [0.29, 0.717) is 67.7 Å². The lowest BCUT2D eigenvalue weighted by atomic mass is 9.77. The fourth-order valence-corrected chi connectivity index (χ4v) is 11.6. The van der Waals surface area contributed by atoms with Crippen LogP contribution >= 0.6 is 23.4 Å². The van der Waals surface area contributed by atoms with Crippen LogP contribution in [0, 0.1) is 29.6 Å². The topological polar surface area (TPSA) is 258 Å². The number of carbonyl (C=O) groups excluding carboxylic acids is 7. The highest BCUT2D eigenvalue weighted by atomic mass is 35.5. The number of thioether (sulfide) groups is 1. The van der Waals surface area contributed by atoms with E-state index in [0.717, 1.165) is 24.9 Å². The molecular formula is C49H79ClN7O10S+. The van der Waals surface area contributed by atoms with Gasteiger partial charge in [0.15, 0.2) is 11.8 Å². The number of hydrogen-bond acceptors (Lipinski definition) is 11. The monoisotopic (exact) mass is 993 g/mol. The second kappa shape index (κ2) is 26.4. The third kappa shape index (κ3) is 15.6. The SMILES string of the molecule is CCC[C@@H]1C[C@@H](C(=O)N[C@@H]([C@H]2C[C@H](SC)[C@H](O)[C@@H](O)[C@H]2O)[C@H](C)Cl)[N+](C)(Cc2ccc(NC(=O)[C@H](CCCNC(N)=O)CC(=O)[C@@H](NC(=O)CCCCCN3C(=O)CC(C)C3=O)C(C)C)cc2)C1. The number of aliphatic hydroxyl groups excluding tert-OH is 3. The van der Waals surface area contributed by atoms with Crippen molar-refractivity contribution < 1.29 is 53.4 Å². The average molecular weight is 994 g/mol. The molecule has 1 aromatic rings. The first-order valence-electron chi connectivity index (χ1n) is 24.6. The zero-order valence-corrected chi connectivity index (χ0v) is 42.7. The molecule has 2 heterocycles. The number of unbranched alkanes of at least 4 members (excludes halogenated alkanes) is 2. The number of quaternary nitrogens is 1. The van der Waals surface area contributed by atoms with Gasteiger partial charge in [-0.2, -0.15) is 11.8 Å². The quantitative estimate of drug-likeness (QED) is 0.0287. The summed E-state index contributed by atoms with van der Waals surface area (Å²) in [6.07, 6.45) is 3.67. The molecule has 3 aliphatic rings. The van der Waals surface area contributed by atoms with Crippen molar-refractivity contribution in [2.24, 2.45) is 35.3 Å². The Bertz CT molecular complexity index is 1890. The van der Waals surface area contributed by atoms with Gasteiger partial charge in [-0.3, -0.25) is 33.7 Å². The number of ketones is 1. The van der Waals surface area contributed by atoms with Crippen molar-refractivity contribution in [1.29, 1.82) is 0 Å². The van der Waals surface area contributed by atoms with Crippen LogP contribution in [0.15, 0.2) is 24.3 Å². The molecule has 0 bridgehead atoms. The highest BCUT2D eigenvalue weighted by Gasteiger charge is 2.51. The van der Waals surface area contributed by atoms with Crippen molar-refractivity contribution in [2.75, 3.05) is 38.3 Å². The maximum absolute atomic E-state index is 14.3. The first kappa shape index (κ1) is 56.8. The molecule has 9 N–H and O–H groups in total. The number of imide groups is 1. The van der Waals surface area contributed by atoms with Crippen LogP contribution in [0.3, 0.4) is 0 Å². The second-order valence-electron chi connectivity index (χ2n) is 20.2. The summed E-state index contributed by atoms with van der Waals surface area (Å²) in [5, 5.41) is 43.0. The molecule has 1 aromatic carbocycles. The number of anilines is 1.